The Kier molecular flexibility index (Phi) is 4.65. The van der Waals surface area contributed by atoms with Crippen LogP contribution in [0.25, 0.3) is 11.0 Å². The number of carbonyl (C=O) groups is 1. The van der Waals surface area contributed by atoms with Gasteiger partial charge in [-0.25, -0.2) is 15.0 Å². The standard InChI is InChI=1S/C20H23N5O/c1-2-18-21-11-15(12-22-18)20(26)25-9-5-6-14(13-25)10-19-23-16-7-3-4-8-17(16)24-19/h3-4,7-8,11-12,14H,2,5-6,9-10,13H2,1H3,(H,23,24)/t14-/m0/s1. The molecular formula is C20H23N5O. The van der Waals surface area contributed by atoms with E-state index in [-0.39, 0.29) is 5.91 Å². The molecule has 1 fully saturated rings. The zero-order valence-electron chi connectivity index (χ0n) is 15.0. The first-order valence-electron chi connectivity index (χ1n) is 9.26. The highest BCUT2D eigenvalue weighted by molar-refractivity contribution is 5.93. The number of aryl methyl sites for hydroxylation is 1. The van der Waals surface area contributed by atoms with Crippen molar-refractivity contribution < 1.29 is 4.79 Å². The number of likely N-dealkylation sites (tertiary alicyclic amines) is 1. The molecule has 3 aromatic rings. The van der Waals surface area contributed by atoms with E-state index in [1.54, 1.807) is 12.4 Å². The second-order valence-electron chi connectivity index (χ2n) is 6.91. The summed E-state index contributed by atoms with van der Waals surface area (Å²) in [5.41, 5.74) is 2.64. The first-order chi connectivity index (χ1) is 12.7. The molecule has 2 aromatic heterocycles. The number of benzene rings is 1. The Hall–Kier alpha value is -2.76. The third kappa shape index (κ3) is 3.45. The number of piperidine rings is 1. The highest BCUT2D eigenvalue weighted by atomic mass is 16.2. The van der Waals surface area contributed by atoms with Gasteiger partial charge in [-0.1, -0.05) is 19.1 Å². The number of amides is 1. The van der Waals surface area contributed by atoms with E-state index in [0.29, 0.717) is 11.5 Å². The highest BCUT2D eigenvalue weighted by Gasteiger charge is 2.25. The number of fused-ring (bicyclic) bond motifs is 1. The Balaban J connectivity index is 1.43. The monoisotopic (exact) mass is 349 g/mol. The number of carbonyl (C=O) groups excluding carboxylic acids is 1. The predicted molar refractivity (Wildman–Crippen MR) is 99.8 cm³/mol. The van der Waals surface area contributed by atoms with E-state index in [9.17, 15) is 4.79 Å². The second kappa shape index (κ2) is 7.23. The van der Waals surface area contributed by atoms with Crippen LogP contribution in [0, 0.1) is 5.92 Å². The number of aromatic nitrogens is 4. The molecule has 26 heavy (non-hydrogen) atoms. The van der Waals surface area contributed by atoms with Crippen molar-refractivity contribution in [3.63, 3.8) is 0 Å². The van der Waals surface area contributed by atoms with Crippen LogP contribution in [0.15, 0.2) is 36.7 Å². The quantitative estimate of drug-likeness (QED) is 0.786. The number of hydrogen-bond acceptors (Lipinski definition) is 4. The maximum absolute atomic E-state index is 12.8. The van der Waals surface area contributed by atoms with Gasteiger partial charge in [0.1, 0.15) is 11.6 Å². The largest absolute Gasteiger partial charge is 0.342 e. The molecule has 1 saturated heterocycles. The summed E-state index contributed by atoms with van der Waals surface area (Å²) in [6.07, 6.45) is 7.08. The lowest BCUT2D eigenvalue weighted by atomic mass is 9.94. The van der Waals surface area contributed by atoms with E-state index in [4.69, 9.17) is 0 Å². The van der Waals surface area contributed by atoms with Gasteiger partial charge in [-0.15, -0.1) is 0 Å². The van der Waals surface area contributed by atoms with Gasteiger partial charge in [-0.05, 0) is 30.9 Å². The second-order valence-corrected chi connectivity index (χ2v) is 6.91. The van der Waals surface area contributed by atoms with Crippen LogP contribution < -0.4 is 0 Å². The molecule has 0 radical (unpaired) electrons. The van der Waals surface area contributed by atoms with Gasteiger partial charge in [0.15, 0.2) is 0 Å². The van der Waals surface area contributed by atoms with Crippen LogP contribution in [0.2, 0.25) is 0 Å². The van der Waals surface area contributed by atoms with Gasteiger partial charge >= 0.3 is 0 Å². The maximum Gasteiger partial charge on any atom is 0.256 e. The number of hydrogen-bond donors (Lipinski definition) is 1. The van der Waals surface area contributed by atoms with Crippen molar-refractivity contribution >= 4 is 16.9 Å². The van der Waals surface area contributed by atoms with Crippen molar-refractivity contribution in [1.29, 1.82) is 0 Å². The van der Waals surface area contributed by atoms with Gasteiger partial charge in [-0.2, -0.15) is 0 Å². The molecular weight excluding hydrogens is 326 g/mol. The van der Waals surface area contributed by atoms with Crippen LogP contribution in [0.4, 0.5) is 0 Å². The summed E-state index contributed by atoms with van der Waals surface area (Å²) in [4.78, 5) is 31.3. The van der Waals surface area contributed by atoms with Crippen LogP contribution in [0.5, 0.6) is 0 Å². The number of imidazole rings is 1. The van der Waals surface area contributed by atoms with Crippen molar-refractivity contribution in [2.75, 3.05) is 13.1 Å². The fraction of sp³-hybridized carbons (Fsp3) is 0.400. The van der Waals surface area contributed by atoms with E-state index in [1.165, 1.54) is 0 Å². The molecule has 1 amide bonds. The van der Waals surface area contributed by atoms with Gasteiger partial charge in [0.2, 0.25) is 0 Å². The molecule has 0 saturated carbocycles. The number of nitrogens with one attached hydrogen (secondary N) is 1. The molecule has 1 aliphatic heterocycles. The lowest BCUT2D eigenvalue weighted by Gasteiger charge is -2.32. The van der Waals surface area contributed by atoms with Crippen molar-refractivity contribution in [1.82, 2.24) is 24.8 Å². The van der Waals surface area contributed by atoms with E-state index in [1.807, 2.05) is 36.1 Å². The van der Waals surface area contributed by atoms with Crippen molar-refractivity contribution in [3.05, 3.63) is 53.9 Å². The van der Waals surface area contributed by atoms with Crippen LogP contribution >= 0.6 is 0 Å². The number of rotatable bonds is 4. The third-order valence-corrected chi connectivity index (χ3v) is 5.00. The topological polar surface area (TPSA) is 74.8 Å². The Morgan fingerprint density at radius 2 is 2.08 bits per heavy atom. The molecule has 134 valence electrons. The van der Waals surface area contributed by atoms with Gasteiger partial charge in [0.25, 0.3) is 5.91 Å². The van der Waals surface area contributed by atoms with Crippen LogP contribution in [-0.2, 0) is 12.8 Å². The first-order valence-corrected chi connectivity index (χ1v) is 9.26. The fourth-order valence-electron chi connectivity index (χ4n) is 3.62. The lowest BCUT2D eigenvalue weighted by Crippen LogP contribution is -2.40. The average Bonchev–Trinajstić information content (AvgIpc) is 3.10. The summed E-state index contributed by atoms with van der Waals surface area (Å²) >= 11 is 0. The van der Waals surface area contributed by atoms with Gasteiger partial charge < -0.3 is 9.88 Å². The van der Waals surface area contributed by atoms with Gasteiger partial charge in [0.05, 0.1) is 16.6 Å². The van der Waals surface area contributed by atoms with Gasteiger partial charge in [-0.3, -0.25) is 4.79 Å². The molecule has 6 heteroatoms. The molecule has 0 bridgehead atoms. The number of H-pyrrole nitrogens is 1. The minimum Gasteiger partial charge on any atom is -0.342 e. The van der Waals surface area contributed by atoms with Crippen LogP contribution in [0.1, 0.15) is 41.8 Å². The molecule has 3 heterocycles. The molecule has 1 N–H and O–H groups in total. The van der Waals surface area contributed by atoms with Gasteiger partial charge in [0, 0.05) is 38.3 Å². The SMILES string of the molecule is CCc1ncc(C(=O)N2CCC[C@@H](Cc3nc4ccccc4[nH]3)C2)cn1. The number of para-hydroxylation sites is 2. The Labute approximate surface area is 152 Å². The zero-order valence-corrected chi connectivity index (χ0v) is 15.0. The molecule has 0 aliphatic carbocycles. The average molecular weight is 349 g/mol. The molecule has 4 rings (SSSR count). The van der Waals surface area contributed by atoms with Crippen molar-refractivity contribution in [2.24, 2.45) is 5.92 Å². The summed E-state index contributed by atoms with van der Waals surface area (Å²) in [6.45, 7) is 3.56. The van der Waals surface area contributed by atoms with E-state index in [2.05, 4.69) is 19.9 Å². The lowest BCUT2D eigenvalue weighted by molar-refractivity contribution is 0.0671. The number of nitrogens with zero attached hydrogens (tertiary/aromatic N) is 4. The summed E-state index contributed by atoms with van der Waals surface area (Å²) in [5.74, 6) is 2.22. The van der Waals surface area contributed by atoms with E-state index < -0.39 is 0 Å². The smallest absolute Gasteiger partial charge is 0.256 e. The van der Waals surface area contributed by atoms with Crippen LogP contribution in [-0.4, -0.2) is 43.8 Å². The zero-order chi connectivity index (χ0) is 17.9. The molecule has 1 aliphatic rings. The summed E-state index contributed by atoms with van der Waals surface area (Å²) in [5, 5.41) is 0. The maximum atomic E-state index is 12.8. The Morgan fingerprint density at radius 3 is 2.85 bits per heavy atom. The van der Waals surface area contributed by atoms with E-state index in [0.717, 1.165) is 61.5 Å². The normalized spacial score (nSPS) is 17.6. The predicted octanol–water partition coefficient (Wildman–Crippen LogP) is 3.01. The Bertz CT molecular complexity index is 869. The summed E-state index contributed by atoms with van der Waals surface area (Å²) in [6, 6.07) is 8.07. The van der Waals surface area contributed by atoms with Crippen molar-refractivity contribution in [3.8, 4) is 0 Å². The molecule has 1 atom stereocenters. The molecule has 0 unspecified atom stereocenters. The first kappa shape index (κ1) is 16.7. The highest BCUT2D eigenvalue weighted by Crippen LogP contribution is 2.22. The Morgan fingerprint density at radius 1 is 1.27 bits per heavy atom. The summed E-state index contributed by atoms with van der Waals surface area (Å²) in [7, 11) is 0. The minimum atomic E-state index is 0.0296. The molecule has 6 nitrogen and oxygen atoms in total. The fourth-order valence-corrected chi connectivity index (χ4v) is 3.62. The molecule has 1 aromatic carbocycles. The number of aromatic amines is 1. The van der Waals surface area contributed by atoms with Crippen molar-refractivity contribution in [2.45, 2.75) is 32.6 Å². The third-order valence-electron chi connectivity index (χ3n) is 5.00. The minimum absolute atomic E-state index is 0.0296. The molecule has 0 spiro atoms. The van der Waals surface area contributed by atoms with Crippen LogP contribution in [0.3, 0.4) is 0 Å². The summed E-state index contributed by atoms with van der Waals surface area (Å²) < 4.78 is 0. The van der Waals surface area contributed by atoms with E-state index >= 15 is 0 Å².